The van der Waals surface area contributed by atoms with Gasteiger partial charge in [0.25, 0.3) is 0 Å². The topological polar surface area (TPSA) is 122 Å². The number of primary amides is 1. The number of carboxylic acids is 1. The van der Waals surface area contributed by atoms with Crippen LogP contribution in [0.3, 0.4) is 0 Å². The molecule has 0 bridgehead atoms. The summed E-state index contributed by atoms with van der Waals surface area (Å²) in [5.74, 6) is -0.539. The van der Waals surface area contributed by atoms with E-state index in [1.54, 1.807) is 18.7 Å². The fraction of sp³-hybridized carbons (Fsp3) is 0.727. The molecule has 0 aliphatic heterocycles. The van der Waals surface area contributed by atoms with Crippen molar-refractivity contribution in [2.75, 3.05) is 12.0 Å². The molecule has 0 aromatic rings. The second kappa shape index (κ2) is 9.48. The van der Waals surface area contributed by atoms with Crippen molar-refractivity contribution >= 4 is 29.7 Å². The summed E-state index contributed by atoms with van der Waals surface area (Å²) in [5, 5.41) is 13.6. The average Bonchev–Trinajstić information content (AvgIpc) is 2.31. The van der Waals surface area contributed by atoms with Gasteiger partial charge in [0.2, 0.25) is 5.91 Å². The van der Waals surface area contributed by atoms with Crippen LogP contribution in [0.1, 0.15) is 26.2 Å². The number of carbonyl (C=O) groups is 3. The summed E-state index contributed by atoms with van der Waals surface area (Å²) in [7, 11) is 0. The normalized spacial score (nSPS) is 13.4. The summed E-state index contributed by atoms with van der Waals surface area (Å²) in [6.07, 6.45) is 2.70. The molecule has 0 saturated heterocycles. The number of hydrogen-bond acceptors (Lipinski definition) is 4. The summed E-state index contributed by atoms with van der Waals surface area (Å²) in [4.78, 5) is 33.1. The molecule has 0 aliphatic rings. The van der Waals surface area contributed by atoms with Crippen molar-refractivity contribution in [3.8, 4) is 0 Å². The molecule has 0 aliphatic carbocycles. The van der Waals surface area contributed by atoms with E-state index in [0.29, 0.717) is 18.6 Å². The summed E-state index contributed by atoms with van der Waals surface area (Å²) in [6, 6.07) is -1.70. The Kier molecular flexibility index (Phi) is 8.77. The molecule has 0 aromatic carbocycles. The fourth-order valence-electron chi connectivity index (χ4n) is 1.43. The van der Waals surface area contributed by atoms with Crippen LogP contribution in [0, 0.1) is 0 Å². The van der Waals surface area contributed by atoms with Gasteiger partial charge in [0.15, 0.2) is 0 Å². The zero-order chi connectivity index (χ0) is 14.8. The molecule has 0 fully saturated rings. The number of nitrogens with two attached hydrogens (primary N) is 1. The van der Waals surface area contributed by atoms with Gasteiger partial charge >= 0.3 is 12.0 Å². The van der Waals surface area contributed by atoms with Gasteiger partial charge in [-0.15, -0.1) is 0 Å². The van der Waals surface area contributed by atoms with Crippen LogP contribution < -0.4 is 16.4 Å². The average molecular weight is 291 g/mol. The van der Waals surface area contributed by atoms with E-state index in [4.69, 9.17) is 10.8 Å². The lowest BCUT2D eigenvalue weighted by Crippen LogP contribution is -2.50. The van der Waals surface area contributed by atoms with Crippen molar-refractivity contribution < 1.29 is 19.5 Å². The van der Waals surface area contributed by atoms with Gasteiger partial charge in [0.05, 0.1) is 0 Å². The fourth-order valence-corrected chi connectivity index (χ4v) is 1.90. The molecule has 0 rings (SSSR count). The van der Waals surface area contributed by atoms with Crippen molar-refractivity contribution in [1.82, 2.24) is 10.6 Å². The Morgan fingerprint density at radius 2 is 1.89 bits per heavy atom. The Bertz CT molecular complexity index is 325. The van der Waals surface area contributed by atoms with E-state index in [1.807, 2.05) is 6.26 Å². The molecule has 7 nitrogen and oxygen atoms in total. The Hall–Kier alpha value is -1.44. The predicted molar refractivity (Wildman–Crippen MR) is 74.0 cm³/mol. The smallest absolute Gasteiger partial charge is 0.312 e. The van der Waals surface area contributed by atoms with E-state index in [0.717, 1.165) is 0 Å². The number of nitrogens with one attached hydrogen (secondary N) is 2. The highest BCUT2D eigenvalue weighted by molar-refractivity contribution is 7.98. The first-order valence-corrected chi connectivity index (χ1v) is 7.33. The molecule has 0 aromatic heterocycles. The van der Waals surface area contributed by atoms with Crippen LogP contribution in [0.15, 0.2) is 0 Å². The number of hydrogen-bond donors (Lipinski definition) is 4. The lowest BCUT2D eigenvalue weighted by atomic mass is 10.1. The van der Waals surface area contributed by atoms with Crippen molar-refractivity contribution in [1.29, 1.82) is 0 Å². The van der Waals surface area contributed by atoms with Crippen LogP contribution in [-0.4, -0.2) is 47.1 Å². The first-order chi connectivity index (χ1) is 8.86. The largest absolute Gasteiger partial charge is 0.481 e. The van der Waals surface area contributed by atoms with Crippen molar-refractivity contribution in [2.24, 2.45) is 5.73 Å². The minimum Gasteiger partial charge on any atom is -0.481 e. The molecule has 2 atom stereocenters. The molecule has 5 N–H and O–H groups in total. The number of rotatable bonds is 9. The molecule has 0 heterocycles. The molecule has 0 spiro atoms. The number of carbonyl (C=O) groups excluding carboxylic acids is 2. The minimum absolute atomic E-state index is 0.0137. The maximum atomic E-state index is 11.9. The lowest BCUT2D eigenvalue weighted by molar-refractivity contribution is -0.137. The molecule has 0 saturated carbocycles. The Labute approximate surface area is 116 Å². The van der Waals surface area contributed by atoms with Crippen molar-refractivity contribution in [3.63, 3.8) is 0 Å². The van der Waals surface area contributed by atoms with Gasteiger partial charge in [0.1, 0.15) is 6.04 Å². The molecule has 8 heteroatoms. The van der Waals surface area contributed by atoms with Crippen LogP contribution in [0.4, 0.5) is 4.79 Å². The zero-order valence-electron chi connectivity index (χ0n) is 11.1. The van der Waals surface area contributed by atoms with Crippen LogP contribution in [-0.2, 0) is 9.59 Å². The maximum Gasteiger partial charge on any atom is 0.312 e. The molecule has 19 heavy (non-hydrogen) atoms. The standard InChI is InChI=1S/C11H21N3O4S/c1-7(3-4-9(15)16)13-10(17)8(5-6-19-2)14-11(12)18/h7-8H,3-6H2,1-2H3,(H,13,17)(H,15,16)(H3,12,14,18). The van der Waals surface area contributed by atoms with Crippen molar-refractivity contribution in [2.45, 2.75) is 38.3 Å². The van der Waals surface area contributed by atoms with E-state index in [-0.39, 0.29) is 18.4 Å². The van der Waals surface area contributed by atoms with Gasteiger partial charge in [0, 0.05) is 12.5 Å². The molecule has 0 radical (unpaired) electrons. The highest BCUT2D eigenvalue weighted by atomic mass is 32.2. The second-order valence-electron chi connectivity index (χ2n) is 4.18. The van der Waals surface area contributed by atoms with Gasteiger partial charge in [-0.25, -0.2) is 4.79 Å². The summed E-state index contributed by atoms with van der Waals surface area (Å²) in [6.45, 7) is 1.72. The summed E-state index contributed by atoms with van der Waals surface area (Å²) >= 11 is 1.56. The van der Waals surface area contributed by atoms with Crippen LogP contribution in [0.2, 0.25) is 0 Å². The number of aliphatic carboxylic acids is 1. The lowest BCUT2D eigenvalue weighted by Gasteiger charge is -2.20. The van der Waals surface area contributed by atoms with E-state index >= 15 is 0 Å². The molecule has 3 amide bonds. The third-order valence-electron chi connectivity index (χ3n) is 2.42. The number of urea groups is 1. The zero-order valence-corrected chi connectivity index (χ0v) is 12.0. The highest BCUT2D eigenvalue weighted by Gasteiger charge is 2.20. The first kappa shape index (κ1) is 17.6. The summed E-state index contributed by atoms with van der Waals surface area (Å²) < 4.78 is 0. The van der Waals surface area contributed by atoms with Gasteiger partial charge in [-0.2, -0.15) is 11.8 Å². The van der Waals surface area contributed by atoms with E-state index in [2.05, 4.69) is 10.6 Å². The minimum atomic E-state index is -0.907. The maximum absolute atomic E-state index is 11.9. The van der Waals surface area contributed by atoms with Crippen LogP contribution in [0.5, 0.6) is 0 Å². The Balaban J connectivity index is 4.28. The SMILES string of the molecule is CSCCC(NC(N)=O)C(=O)NC(C)CCC(=O)O. The first-order valence-electron chi connectivity index (χ1n) is 5.94. The van der Waals surface area contributed by atoms with Crippen LogP contribution >= 0.6 is 11.8 Å². The molecular formula is C11H21N3O4S. The Morgan fingerprint density at radius 3 is 2.37 bits per heavy atom. The monoisotopic (exact) mass is 291 g/mol. The van der Waals surface area contributed by atoms with Crippen molar-refractivity contribution in [3.05, 3.63) is 0 Å². The van der Waals surface area contributed by atoms with E-state index in [9.17, 15) is 14.4 Å². The highest BCUT2D eigenvalue weighted by Crippen LogP contribution is 2.03. The number of carboxylic acid groups (broad SMARTS) is 1. The quantitative estimate of drug-likeness (QED) is 0.481. The third kappa shape index (κ3) is 9.18. The predicted octanol–water partition coefficient (Wildman–Crippen LogP) is 0.146. The van der Waals surface area contributed by atoms with Gasteiger partial charge in [-0.05, 0) is 31.8 Å². The molecule has 2 unspecified atom stereocenters. The number of amides is 3. The number of thioether (sulfide) groups is 1. The molecule has 110 valence electrons. The Morgan fingerprint density at radius 1 is 1.26 bits per heavy atom. The van der Waals surface area contributed by atoms with E-state index < -0.39 is 18.0 Å². The molecular weight excluding hydrogens is 270 g/mol. The van der Waals surface area contributed by atoms with Gasteiger partial charge < -0.3 is 21.5 Å². The van der Waals surface area contributed by atoms with E-state index in [1.165, 1.54) is 0 Å². The van der Waals surface area contributed by atoms with Crippen LogP contribution in [0.25, 0.3) is 0 Å². The van der Waals surface area contributed by atoms with Gasteiger partial charge in [-0.3, -0.25) is 9.59 Å². The summed E-state index contributed by atoms with van der Waals surface area (Å²) in [5.41, 5.74) is 5.02. The van der Waals surface area contributed by atoms with Gasteiger partial charge in [-0.1, -0.05) is 0 Å². The second-order valence-corrected chi connectivity index (χ2v) is 5.17. The third-order valence-corrected chi connectivity index (χ3v) is 3.07.